The number of hydrogen-bond acceptors (Lipinski definition) is 4. The van der Waals surface area contributed by atoms with Gasteiger partial charge in [-0.05, 0) is 42.3 Å². The molecule has 3 rings (SSSR count). The van der Waals surface area contributed by atoms with Gasteiger partial charge in [0.15, 0.2) is 6.10 Å². The first kappa shape index (κ1) is 14.4. The fraction of sp³-hybridized carbons (Fsp3) is 0.278. The molecule has 0 aliphatic carbocycles. The largest absolute Gasteiger partial charge is 0.494 e. The Balaban J connectivity index is 1.58. The van der Waals surface area contributed by atoms with Gasteiger partial charge < -0.3 is 14.2 Å². The highest BCUT2D eigenvalue weighted by Gasteiger charge is 2.30. The first-order chi connectivity index (χ1) is 10.8. The van der Waals surface area contributed by atoms with Gasteiger partial charge in [0.05, 0.1) is 6.61 Å². The number of benzene rings is 2. The quantitative estimate of drug-likeness (QED) is 0.627. The van der Waals surface area contributed by atoms with Gasteiger partial charge in [-0.25, -0.2) is 4.79 Å². The van der Waals surface area contributed by atoms with Crippen LogP contribution in [0.25, 0.3) is 0 Å². The van der Waals surface area contributed by atoms with Crippen molar-refractivity contribution in [2.24, 2.45) is 0 Å². The normalized spacial score (nSPS) is 15.8. The third-order valence-corrected chi connectivity index (χ3v) is 3.43. The van der Waals surface area contributed by atoms with Crippen molar-refractivity contribution >= 4 is 5.97 Å². The number of hydrogen-bond donors (Lipinski definition) is 0. The molecule has 4 nitrogen and oxygen atoms in total. The molecule has 0 aromatic heterocycles. The van der Waals surface area contributed by atoms with Crippen LogP contribution >= 0.6 is 0 Å². The molecule has 0 fully saturated rings. The second-order valence-corrected chi connectivity index (χ2v) is 5.16. The molecule has 1 atom stereocenters. The van der Waals surface area contributed by atoms with E-state index in [2.05, 4.69) is 6.92 Å². The van der Waals surface area contributed by atoms with Crippen LogP contribution in [0.2, 0.25) is 0 Å². The van der Waals surface area contributed by atoms with Gasteiger partial charge in [-0.2, -0.15) is 0 Å². The summed E-state index contributed by atoms with van der Waals surface area (Å²) in [5.41, 5.74) is 1.03. The van der Waals surface area contributed by atoms with E-state index in [1.54, 1.807) is 24.3 Å². The molecule has 1 heterocycles. The number of para-hydroxylation sites is 1. The van der Waals surface area contributed by atoms with Crippen molar-refractivity contribution in [1.29, 1.82) is 0 Å². The van der Waals surface area contributed by atoms with E-state index < -0.39 is 6.10 Å². The maximum Gasteiger partial charge on any atom is 0.353 e. The van der Waals surface area contributed by atoms with E-state index in [0.717, 1.165) is 23.5 Å². The highest BCUT2D eigenvalue weighted by Crippen LogP contribution is 2.29. The first-order valence-electron chi connectivity index (χ1n) is 7.45. The third kappa shape index (κ3) is 3.22. The van der Waals surface area contributed by atoms with Crippen molar-refractivity contribution in [3.05, 3.63) is 54.1 Å². The lowest BCUT2D eigenvalue weighted by Gasteiger charge is -2.11. The lowest BCUT2D eigenvalue weighted by atomic mass is 10.1. The molecule has 1 aliphatic rings. The number of rotatable bonds is 5. The third-order valence-electron chi connectivity index (χ3n) is 3.43. The van der Waals surface area contributed by atoms with Gasteiger partial charge in [-0.1, -0.05) is 25.1 Å². The summed E-state index contributed by atoms with van der Waals surface area (Å²) in [7, 11) is 0. The average Bonchev–Trinajstić information content (AvgIpc) is 2.98. The molecule has 2 aromatic carbocycles. The topological polar surface area (TPSA) is 44.8 Å². The van der Waals surface area contributed by atoms with E-state index in [0.29, 0.717) is 18.8 Å². The number of carbonyl (C=O) groups is 1. The number of carbonyl (C=O) groups excluding carboxylic acids is 1. The summed E-state index contributed by atoms with van der Waals surface area (Å²) < 4.78 is 16.5. The van der Waals surface area contributed by atoms with Crippen LogP contribution < -0.4 is 14.2 Å². The molecule has 0 saturated heterocycles. The molecule has 0 saturated carbocycles. The predicted octanol–water partition coefficient (Wildman–Crippen LogP) is 3.38. The molecule has 0 amide bonds. The summed E-state index contributed by atoms with van der Waals surface area (Å²) in [6.07, 6.45) is 0.927. The van der Waals surface area contributed by atoms with Crippen LogP contribution in [0.15, 0.2) is 48.5 Å². The number of fused-ring (bicyclic) bond motifs is 1. The van der Waals surface area contributed by atoms with Gasteiger partial charge in [-0.3, -0.25) is 0 Å². The van der Waals surface area contributed by atoms with Gasteiger partial charge in [0, 0.05) is 6.42 Å². The van der Waals surface area contributed by atoms with Crippen LogP contribution in [-0.2, 0) is 11.2 Å². The summed E-state index contributed by atoms with van der Waals surface area (Å²) in [5.74, 6) is 1.64. The molecule has 2 aromatic rings. The molecule has 1 unspecified atom stereocenters. The van der Waals surface area contributed by atoms with Crippen LogP contribution in [0.4, 0.5) is 0 Å². The minimum Gasteiger partial charge on any atom is -0.494 e. The average molecular weight is 298 g/mol. The number of esters is 1. The molecule has 4 heteroatoms. The van der Waals surface area contributed by atoms with E-state index in [1.165, 1.54) is 0 Å². The summed E-state index contributed by atoms with van der Waals surface area (Å²) in [4.78, 5) is 12.2. The predicted molar refractivity (Wildman–Crippen MR) is 82.4 cm³/mol. The van der Waals surface area contributed by atoms with E-state index >= 15 is 0 Å². The zero-order chi connectivity index (χ0) is 15.4. The Morgan fingerprint density at radius 3 is 2.59 bits per heavy atom. The van der Waals surface area contributed by atoms with Crippen LogP contribution in [0.1, 0.15) is 18.9 Å². The SMILES string of the molecule is CCCOc1ccc(OC(=O)C2Cc3ccccc3O2)cc1. The van der Waals surface area contributed by atoms with Crippen molar-refractivity contribution in [2.45, 2.75) is 25.9 Å². The minimum absolute atomic E-state index is 0.376. The Morgan fingerprint density at radius 2 is 1.86 bits per heavy atom. The van der Waals surface area contributed by atoms with Crippen molar-refractivity contribution in [3.8, 4) is 17.2 Å². The molecule has 0 bridgehead atoms. The van der Waals surface area contributed by atoms with E-state index in [1.807, 2.05) is 24.3 Å². The van der Waals surface area contributed by atoms with Gasteiger partial charge in [0.2, 0.25) is 0 Å². The Bertz CT molecular complexity index is 623. The zero-order valence-corrected chi connectivity index (χ0v) is 12.5. The monoisotopic (exact) mass is 298 g/mol. The summed E-state index contributed by atoms with van der Waals surface area (Å²) in [5, 5.41) is 0. The van der Waals surface area contributed by atoms with E-state index in [9.17, 15) is 4.79 Å². The van der Waals surface area contributed by atoms with Gasteiger partial charge in [-0.15, -0.1) is 0 Å². The van der Waals surface area contributed by atoms with Crippen LogP contribution in [0.3, 0.4) is 0 Å². The Labute approximate surface area is 129 Å². The Hall–Kier alpha value is -2.49. The maximum absolute atomic E-state index is 12.2. The summed E-state index contributed by atoms with van der Waals surface area (Å²) in [6.45, 7) is 2.73. The second-order valence-electron chi connectivity index (χ2n) is 5.16. The smallest absolute Gasteiger partial charge is 0.353 e. The van der Waals surface area contributed by atoms with Gasteiger partial charge >= 0.3 is 5.97 Å². The summed E-state index contributed by atoms with van der Waals surface area (Å²) in [6, 6.07) is 14.7. The molecule has 0 N–H and O–H groups in total. The fourth-order valence-corrected chi connectivity index (χ4v) is 2.32. The highest BCUT2D eigenvalue weighted by atomic mass is 16.6. The fourth-order valence-electron chi connectivity index (χ4n) is 2.32. The lowest BCUT2D eigenvalue weighted by Crippen LogP contribution is -2.29. The standard InChI is InChI=1S/C18H18O4/c1-2-11-20-14-7-9-15(10-8-14)21-18(19)17-12-13-5-3-4-6-16(13)22-17/h3-10,17H,2,11-12H2,1H3. The molecule has 1 aliphatic heterocycles. The van der Waals surface area contributed by atoms with E-state index in [-0.39, 0.29) is 5.97 Å². The maximum atomic E-state index is 12.2. The molecule has 0 radical (unpaired) electrons. The van der Waals surface area contributed by atoms with Crippen molar-refractivity contribution in [3.63, 3.8) is 0 Å². The second kappa shape index (κ2) is 6.52. The summed E-state index contributed by atoms with van der Waals surface area (Å²) >= 11 is 0. The molecule has 0 spiro atoms. The molecular formula is C18H18O4. The van der Waals surface area contributed by atoms with Gasteiger partial charge in [0.1, 0.15) is 17.2 Å². The van der Waals surface area contributed by atoms with Crippen LogP contribution in [-0.4, -0.2) is 18.7 Å². The number of ether oxygens (including phenoxy) is 3. The van der Waals surface area contributed by atoms with Crippen LogP contribution in [0.5, 0.6) is 17.2 Å². The minimum atomic E-state index is -0.576. The van der Waals surface area contributed by atoms with E-state index in [4.69, 9.17) is 14.2 Å². The van der Waals surface area contributed by atoms with Crippen LogP contribution in [0, 0.1) is 0 Å². The van der Waals surface area contributed by atoms with Crippen molar-refractivity contribution in [2.75, 3.05) is 6.61 Å². The highest BCUT2D eigenvalue weighted by molar-refractivity contribution is 5.79. The van der Waals surface area contributed by atoms with Gasteiger partial charge in [0.25, 0.3) is 0 Å². The Kier molecular flexibility index (Phi) is 4.28. The van der Waals surface area contributed by atoms with Crippen molar-refractivity contribution < 1.29 is 19.0 Å². The van der Waals surface area contributed by atoms with Crippen molar-refractivity contribution in [1.82, 2.24) is 0 Å². The molecule has 22 heavy (non-hydrogen) atoms. The Morgan fingerprint density at radius 1 is 1.14 bits per heavy atom. The molecular weight excluding hydrogens is 280 g/mol. The zero-order valence-electron chi connectivity index (χ0n) is 12.5. The lowest BCUT2D eigenvalue weighted by molar-refractivity contribution is -0.141. The molecule has 114 valence electrons. The first-order valence-corrected chi connectivity index (χ1v) is 7.45.